The van der Waals surface area contributed by atoms with E-state index < -0.39 is 26.4 Å². The molecule has 1 N–H and O–H groups in total. The lowest BCUT2D eigenvalue weighted by molar-refractivity contribution is 0.102. The summed E-state index contributed by atoms with van der Waals surface area (Å²) in [5, 5.41) is 6.98. The van der Waals surface area contributed by atoms with E-state index in [0.29, 0.717) is 16.4 Å². The van der Waals surface area contributed by atoms with Gasteiger partial charge < -0.3 is 5.32 Å². The normalized spacial score (nSPS) is 11.6. The molecule has 0 bridgehead atoms. The van der Waals surface area contributed by atoms with Crippen molar-refractivity contribution in [3.63, 3.8) is 0 Å². The molecule has 1 heterocycles. The quantitative estimate of drug-likeness (QED) is 0.694. The fraction of sp³-hybridized carbons (Fsp3) is 0.0625. The van der Waals surface area contributed by atoms with E-state index in [1.54, 1.807) is 12.1 Å². The zero-order valence-electron chi connectivity index (χ0n) is 13.4. The Morgan fingerprint density at radius 1 is 1.15 bits per heavy atom. The molecule has 0 aliphatic carbocycles. The van der Waals surface area contributed by atoms with Crippen LogP contribution < -0.4 is 5.32 Å². The van der Waals surface area contributed by atoms with Gasteiger partial charge in [-0.25, -0.2) is 18.1 Å². The summed E-state index contributed by atoms with van der Waals surface area (Å²) >= 11 is 5.97. The lowest BCUT2D eigenvalue weighted by Crippen LogP contribution is -2.15. The van der Waals surface area contributed by atoms with Crippen LogP contribution in [0.1, 0.15) is 10.4 Å². The third-order valence-corrected chi connectivity index (χ3v) is 5.19. The lowest BCUT2D eigenvalue weighted by atomic mass is 10.2. The van der Waals surface area contributed by atoms with Gasteiger partial charge in [0.1, 0.15) is 12.7 Å². The molecule has 0 radical (unpaired) electrons. The number of benzene rings is 2. The van der Waals surface area contributed by atoms with Crippen LogP contribution in [-0.4, -0.2) is 34.8 Å². The van der Waals surface area contributed by atoms with E-state index >= 15 is 0 Å². The van der Waals surface area contributed by atoms with E-state index in [1.165, 1.54) is 23.4 Å². The first-order valence-electron chi connectivity index (χ1n) is 7.37. The van der Waals surface area contributed by atoms with Crippen LogP contribution in [0, 0.1) is 0 Å². The van der Waals surface area contributed by atoms with Crippen molar-refractivity contribution in [3.05, 3.63) is 65.7 Å². The highest BCUT2D eigenvalue weighted by molar-refractivity contribution is 7.91. The fourth-order valence-corrected chi connectivity index (χ4v) is 3.13. The number of carbonyl (C=O) groups excluding carboxylic acids is 1. The molecule has 3 rings (SSSR count). The van der Waals surface area contributed by atoms with Crippen LogP contribution in [0.3, 0.4) is 0 Å². The number of alkyl halides is 2. The molecular formula is C16H11ClF2N4O3S. The van der Waals surface area contributed by atoms with Crippen molar-refractivity contribution in [2.45, 2.75) is 10.7 Å². The molecule has 3 aromatic rings. The summed E-state index contributed by atoms with van der Waals surface area (Å²) in [6, 6.07) is 8.93. The van der Waals surface area contributed by atoms with E-state index in [4.69, 9.17) is 11.6 Å². The monoisotopic (exact) mass is 412 g/mol. The van der Waals surface area contributed by atoms with Crippen LogP contribution in [0.15, 0.2) is 60.0 Å². The number of nitrogens with zero attached hydrogens (tertiary/aromatic N) is 3. The van der Waals surface area contributed by atoms with Gasteiger partial charge in [-0.1, -0.05) is 11.6 Å². The smallest absolute Gasteiger partial charge is 0.320 e. The number of sulfone groups is 1. The van der Waals surface area contributed by atoms with E-state index in [0.717, 1.165) is 24.3 Å². The highest BCUT2D eigenvalue weighted by Crippen LogP contribution is 2.25. The third kappa shape index (κ3) is 3.96. The average molecular weight is 413 g/mol. The number of carbonyl (C=O) groups is 1. The maximum atomic E-state index is 12.6. The molecule has 1 aromatic heterocycles. The van der Waals surface area contributed by atoms with Crippen LogP contribution in [0.4, 0.5) is 14.5 Å². The maximum Gasteiger partial charge on any atom is 0.341 e. The van der Waals surface area contributed by atoms with E-state index in [2.05, 4.69) is 15.4 Å². The minimum Gasteiger partial charge on any atom is -0.320 e. The molecule has 7 nitrogen and oxygen atoms in total. The Bertz CT molecular complexity index is 1070. The van der Waals surface area contributed by atoms with E-state index in [-0.39, 0.29) is 5.56 Å². The van der Waals surface area contributed by atoms with Gasteiger partial charge in [-0.3, -0.25) is 4.79 Å². The van der Waals surface area contributed by atoms with Crippen molar-refractivity contribution in [2.75, 3.05) is 5.32 Å². The number of nitrogens with one attached hydrogen (secondary N) is 1. The number of rotatable bonds is 5. The van der Waals surface area contributed by atoms with Crippen LogP contribution in [0.2, 0.25) is 5.02 Å². The van der Waals surface area contributed by atoms with Crippen LogP contribution in [0.25, 0.3) is 5.69 Å². The molecule has 0 atom stereocenters. The number of anilines is 1. The summed E-state index contributed by atoms with van der Waals surface area (Å²) in [7, 11) is -4.72. The Morgan fingerprint density at radius 3 is 2.44 bits per heavy atom. The van der Waals surface area contributed by atoms with Crippen molar-refractivity contribution >= 4 is 33.0 Å². The Kier molecular flexibility index (Phi) is 5.19. The molecule has 0 spiro atoms. The summed E-state index contributed by atoms with van der Waals surface area (Å²) in [5.74, 6) is -4.12. The molecule has 2 aromatic carbocycles. The van der Waals surface area contributed by atoms with Crippen molar-refractivity contribution in [1.29, 1.82) is 0 Å². The predicted octanol–water partition coefficient (Wildman–Crippen LogP) is 3.17. The largest absolute Gasteiger partial charge is 0.341 e. The zero-order chi connectivity index (χ0) is 19.6. The zero-order valence-corrected chi connectivity index (χ0v) is 15.0. The Morgan fingerprint density at radius 2 is 1.85 bits per heavy atom. The molecule has 0 aliphatic heterocycles. The molecule has 0 saturated carbocycles. The molecule has 0 aliphatic rings. The fourth-order valence-electron chi connectivity index (χ4n) is 2.23. The number of amides is 1. The van der Waals surface area contributed by atoms with Gasteiger partial charge in [0.2, 0.25) is 9.84 Å². The molecule has 1 amide bonds. The number of aromatic nitrogens is 3. The summed E-state index contributed by atoms with van der Waals surface area (Å²) in [5.41, 5.74) is 0.914. The second kappa shape index (κ2) is 7.41. The molecule has 0 saturated heterocycles. The van der Waals surface area contributed by atoms with Gasteiger partial charge in [0.05, 0.1) is 16.3 Å². The van der Waals surface area contributed by atoms with E-state index in [1.807, 2.05) is 0 Å². The Labute approximate surface area is 157 Å². The minimum atomic E-state index is -4.72. The molecule has 0 fully saturated rings. The van der Waals surface area contributed by atoms with Gasteiger partial charge in [0.25, 0.3) is 5.91 Å². The van der Waals surface area contributed by atoms with Crippen LogP contribution in [-0.2, 0) is 9.84 Å². The van der Waals surface area contributed by atoms with Gasteiger partial charge in [0, 0.05) is 10.6 Å². The van der Waals surface area contributed by atoms with Crippen LogP contribution in [0.5, 0.6) is 0 Å². The molecule has 11 heteroatoms. The summed E-state index contributed by atoms with van der Waals surface area (Å²) in [4.78, 5) is 15.7. The van der Waals surface area contributed by atoms with Crippen molar-refractivity contribution < 1.29 is 22.0 Å². The Balaban J connectivity index is 1.87. The van der Waals surface area contributed by atoms with Gasteiger partial charge in [0.15, 0.2) is 0 Å². The summed E-state index contributed by atoms with van der Waals surface area (Å²) in [6.45, 7) is 0. The molecular weight excluding hydrogens is 402 g/mol. The van der Waals surface area contributed by atoms with Crippen molar-refractivity contribution in [2.24, 2.45) is 0 Å². The van der Waals surface area contributed by atoms with Gasteiger partial charge in [-0.15, -0.1) is 0 Å². The first-order valence-corrected chi connectivity index (χ1v) is 9.29. The second-order valence-corrected chi connectivity index (χ2v) is 7.64. The predicted molar refractivity (Wildman–Crippen MR) is 94.0 cm³/mol. The standard InChI is InChI=1S/C16H11ClF2N4O3S/c17-11-3-6-14(23-9-20-8-21-23)13(7-11)22-15(24)10-1-4-12(5-2-10)27(25,26)16(18)19/h1-9,16H,(H,22,24). The minimum absolute atomic E-state index is 0.0766. The molecule has 140 valence electrons. The lowest BCUT2D eigenvalue weighted by Gasteiger charge is -2.12. The van der Waals surface area contributed by atoms with Crippen LogP contribution >= 0.6 is 11.6 Å². The summed E-state index contributed by atoms with van der Waals surface area (Å²) in [6.07, 6.45) is 2.76. The molecule has 27 heavy (non-hydrogen) atoms. The topological polar surface area (TPSA) is 93.9 Å². The maximum absolute atomic E-state index is 12.6. The second-order valence-electron chi connectivity index (χ2n) is 5.29. The number of hydrogen-bond acceptors (Lipinski definition) is 5. The third-order valence-electron chi connectivity index (χ3n) is 3.55. The SMILES string of the molecule is O=C(Nc1cc(Cl)ccc1-n1cncn1)c1ccc(S(=O)(=O)C(F)F)cc1. The summed E-state index contributed by atoms with van der Waals surface area (Å²) < 4.78 is 49.4. The van der Waals surface area contributed by atoms with Gasteiger partial charge >= 0.3 is 5.76 Å². The molecule has 0 unspecified atom stereocenters. The number of hydrogen-bond donors (Lipinski definition) is 1. The highest BCUT2D eigenvalue weighted by Gasteiger charge is 2.26. The average Bonchev–Trinajstić information content (AvgIpc) is 3.16. The first kappa shape index (κ1) is 18.9. The van der Waals surface area contributed by atoms with Gasteiger partial charge in [-0.2, -0.15) is 13.9 Å². The van der Waals surface area contributed by atoms with Crippen molar-refractivity contribution in [1.82, 2.24) is 14.8 Å². The Hall–Kier alpha value is -2.85. The van der Waals surface area contributed by atoms with E-state index in [9.17, 15) is 22.0 Å². The number of halogens is 3. The first-order chi connectivity index (χ1) is 12.8. The highest BCUT2D eigenvalue weighted by atomic mass is 35.5. The van der Waals surface area contributed by atoms with Crippen molar-refractivity contribution in [3.8, 4) is 5.69 Å². The van der Waals surface area contributed by atoms with Gasteiger partial charge in [-0.05, 0) is 42.5 Å².